The van der Waals surface area contributed by atoms with Crippen LogP contribution in [0.5, 0.6) is 0 Å². The molecule has 0 aliphatic heterocycles. The van der Waals surface area contributed by atoms with E-state index in [0.717, 1.165) is 100 Å². The predicted molar refractivity (Wildman–Crippen MR) is 183 cm³/mol. The SMILES string of the molecule is CCCc1cc2c(-c3ccc(C(F)(F)F)cc3)cccc2[cH-]1.CCCc1cc2c(-c3ccc(C(F)(F)F)cc3)cccc2[cH-]1.[CH2-]C[CH2-].[Cl-].[Cl-].[Hf]. The number of hydrogen-bond acceptors (Lipinski definition) is 0. The summed E-state index contributed by atoms with van der Waals surface area (Å²) in [6, 6.07) is 31.3. The molecule has 0 nitrogen and oxygen atoms in total. The van der Waals surface area contributed by atoms with Gasteiger partial charge in [0.05, 0.1) is 11.1 Å². The van der Waals surface area contributed by atoms with E-state index in [1.54, 1.807) is 24.3 Å². The maximum absolute atomic E-state index is 12.7. The maximum atomic E-state index is 12.7. The van der Waals surface area contributed by atoms with E-state index in [9.17, 15) is 26.3 Å². The van der Waals surface area contributed by atoms with Gasteiger partial charge in [0.25, 0.3) is 0 Å². The molecule has 6 rings (SSSR count). The van der Waals surface area contributed by atoms with Crippen molar-refractivity contribution in [2.75, 3.05) is 0 Å². The summed E-state index contributed by atoms with van der Waals surface area (Å²) in [5.41, 5.74) is 4.91. The number of benzene rings is 4. The second kappa shape index (κ2) is 20.2. The molecule has 0 N–H and O–H groups in total. The molecule has 0 heterocycles. The Morgan fingerprint density at radius 2 is 0.860 bits per heavy atom. The average Bonchev–Trinajstić information content (AvgIpc) is 3.65. The first-order valence-electron chi connectivity index (χ1n) is 15.7. The molecular weight excluding hydrogens is 856 g/mol. The van der Waals surface area contributed by atoms with Crippen molar-refractivity contribution in [3.05, 3.63) is 145 Å². The molecule has 6 aromatic carbocycles. The summed E-state index contributed by atoms with van der Waals surface area (Å²) in [7, 11) is 0. The Labute approximate surface area is 322 Å². The van der Waals surface area contributed by atoms with Crippen LogP contribution in [-0.4, -0.2) is 0 Å². The van der Waals surface area contributed by atoms with Crippen LogP contribution in [0.3, 0.4) is 0 Å². The molecule has 9 heteroatoms. The standard InChI is InChI=1S/2C19H16F3.C3H6.2ClH.Hf/c2*1-2-4-13-11-15-5-3-6-17(18(15)12-13)14-7-9-16(10-8-14)19(20,21)22;1-3-2;;;/h2*3,5-12H,2,4H2,1H3;1-3H2;2*1H;/q2*-1;-2;;;/p-2. The van der Waals surface area contributed by atoms with Crippen molar-refractivity contribution in [2.45, 2.75) is 58.3 Å². The van der Waals surface area contributed by atoms with Crippen LogP contribution in [0.25, 0.3) is 43.8 Å². The van der Waals surface area contributed by atoms with Gasteiger partial charge in [-0.2, -0.15) is 38.5 Å². The van der Waals surface area contributed by atoms with E-state index in [4.69, 9.17) is 0 Å². The van der Waals surface area contributed by atoms with Crippen LogP contribution < -0.4 is 24.8 Å². The second-order valence-corrected chi connectivity index (χ2v) is 11.3. The summed E-state index contributed by atoms with van der Waals surface area (Å²) < 4.78 is 76.0. The number of aryl methyl sites for hydroxylation is 2. The fourth-order valence-corrected chi connectivity index (χ4v) is 5.64. The Balaban J connectivity index is 0.000000439. The third-order valence-electron chi connectivity index (χ3n) is 7.74. The van der Waals surface area contributed by atoms with E-state index in [-0.39, 0.29) is 50.7 Å². The van der Waals surface area contributed by atoms with Crippen molar-refractivity contribution >= 4 is 21.5 Å². The van der Waals surface area contributed by atoms with Gasteiger partial charge in [-0.05, 0) is 48.2 Å². The quantitative estimate of drug-likeness (QED) is 0.0928. The van der Waals surface area contributed by atoms with Crippen molar-refractivity contribution in [1.82, 2.24) is 0 Å². The van der Waals surface area contributed by atoms with E-state index in [0.29, 0.717) is 0 Å². The smallest absolute Gasteiger partial charge is 0.416 e. The molecule has 0 aliphatic rings. The van der Waals surface area contributed by atoms with Crippen LogP contribution in [0.15, 0.2) is 109 Å². The molecule has 6 aromatic rings. The molecule has 0 amide bonds. The van der Waals surface area contributed by atoms with Crippen molar-refractivity contribution in [3.8, 4) is 22.3 Å². The zero-order chi connectivity index (χ0) is 34.2. The van der Waals surface area contributed by atoms with Crippen LogP contribution in [0, 0.1) is 13.8 Å². The van der Waals surface area contributed by atoms with Crippen LogP contribution in [0.2, 0.25) is 0 Å². The third kappa shape index (κ3) is 11.6. The van der Waals surface area contributed by atoms with Gasteiger partial charge in [0.2, 0.25) is 0 Å². The molecule has 268 valence electrons. The first-order valence-corrected chi connectivity index (χ1v) is 15.7. The summed E-state index contributed by atoms with van der Waals surface area (Å²) in [4.78, 5) is 0. The Bertz CT molecular complexity index is 1730. The zero-order valence-corrected chi connectivity index (χ0v) is 33.0. The molecule has 0 aromatic heterocycles. The molecule has 0 saturated heterocycles. The molecule has 0 fully saturated rings. The Morgan fingerprint density at radius 3 is 1.14 bits per heavy atom. The fraction of sp³-hybridized carbons (Fsp3) is 0.220. The largest absolute Gasteiger partial charge is 1.00 e. The van der Waals surface area contributed by atoms with E-state index in [2.05, 4.69) is 52.0 Å². The number of rotatable bonds is 6. The molecule has 50 heavy (non-hydrogen) atoms. The zero-order valence-electron chi connectivity index (χ0n) is 27.9. The summed E-state index contributed by atoms with van der Waals surface area (Å²) in [6.07, 6.45) is -3.65. The normalized spacial score (nSPS) is 10.9. The minimum atomic E-state index is -4.29. The average molecular weight is 894 g/mol. The molecule has 0 radical (unpaired) electrons. The van der Waals surface area contributed by atoms with Gasteiger partial charge in [-0.3, -0.25) is 0 Å². The van der Waals surface area contributed by atoms with Gasteiger partial charge in [0.15, 0.2) is 0 Å². The number of alkyl halides is 6. The summed E-state index contributed by atoms with van der Waals surface area (Å²) in [5.74, 6) is 0. The first kappa shape index (κ1) is 45.2. The first-order chi connectivity index (χ1) is 22.4. The molecule has 0 bridgehead atoms. The van der Waals surface area contributed by atoms with E-state index >= 15 is 0 Å². The monoisotopic (exact) mass is 894 g/mol. The Hall–Kier alpha value is -2.87. The van der Waals surface area contributed by atoms with Gasteiger partial charge in [0, 0.05) is 25.8 Å². The Kier molecular flexibility index (Phi) is 18.3. The van der Waals surface area contributed by atoms with Crippen LogP contribution in [0.1, 0.15) is 55.4 Å². The topological polar surface area (TPSA) is 0 Å². The minimum absolute atomic E-state index is 0. The van der Waals surface area contributed by atoms with Crippen molar-refractivity contribution < 1.29 is 77.0 Å². The van der Waals surface area contributed by atoms with Crippen molar-refractivity contribution in [1.29, 1.82) is 0 Å². The van der Waals surface area contributed by atoms with Gasteiger partial charge in [-0.15, -0.1) is 69.1 Å². The van der Waals surface area contributed by atoms with E-state index < -0.39 is 23.5 Å². The number of halogens is 8. The van der Waals surface area contributed by atoms with Crippen LogP contribution in [-0.2, 0) is 51.0 Å². The van der Waals surface area contributed by atoms with Gasteiger partial charge < -0.3 is 45.1 Å². The molecule has 0 spiro atoms. The van der Waals surface area contributed by atoms with Crippen molar-refractivity contribution in [2.24, 2.45) is 0 Å². The van der Waals surface area contributed by atoms with E-state index in [1.165, 1.54) is 11.1 Å². The van der Waals surface area contributed by atoms with E-state index in [1.807, 2.05) is 36.4 Å². The minimum Gasteiger partial charge on any atom is -1.00 e. The Morgan fingerprint density at radius 1 is 0.540 bits per heavy atom. The van der Waals surface area contributed by atoms with Gasteiger partial charge >= 0.3 is 12.4 Å². The van der Waals surface area contributed by atoms with Gasteiger partial charge in [-0.25, -0.2) is 0 Å². The molecule has 0 atom stereocenters. The summed E-state index contributed by atoms with van der Waals surface area (Å²) in [6.45, 7) is 11.0. The fourth-order valence-electron chi connectivity index (χ4n) is 5.64. The number of hydrogen-bond donors (Lipinski definition) is 0. The third-order valence-corrected chi connectivity index (χ3v) is 7.74. The van der Waals surface area contributed by atoms with Crippen LogP contribution in [0.4, 0.5) is 26.3 Å². The number of fused-ring (bicyclic) bond motifs is 2. The van der Waals surface area contributed by atoms with Crippen molar-refractivity contribution in [3.63, 3.8) is 0 Å². The summed E-state index contributed by atoms with van der Waals surface area (Å²) in [5, 5.41) is 4.48. The predicted octanol–water partition coefficient (Wildman–Crippen LogP) is 7.44. The molecule has 0 aliphatic carbocycles. The van der Waals surface area contributed by atoms with Gasteiger partial charge in [-0.1, -0.05) is 74.2 Å². The van der Waals surface area contributed by atoms with Gasteiger partial charge in [0.1, 0.15) is 0 Å². The summed E-state index contributed by atoms with van der Waals surface area (Å²) >= 11 is 0. The molecule has 0 saturated carbocycles. The maximum Gasteiger partial charge on any atom is 0.416 e. The second-order valence-electron chi connectivity index (χ2n) is 11.3. The molecule has 0 unspecified atom stereocenters. The van der Waals surface area contributed by atoms with Crippen LogP contribution >= 0.6 is 0 Å². The molecular formula is C41H38Cl2F6Hf-6.